The molecule has 1 fully saturated rings. The van der Waals surface area contributed by atoms with E-state index >= 15 is 0 Å². The average Bonchev–Trinajstić information content (AvgIpc) is 2.27. The molecule has 0 bridgehead atoms. The molecule has 6 nitrogen and oxygen atoms in total. The Balaban J connectivity index is 2.52. The van der Waals surface area contributed by atoms with Crippen LogP contribution in [0, 0.1) is 6.92 Å². The van der Waals surface area contributed by atoms with Gasteiger partial charge in [-0.15, -0.1) is 0 Å². The first kappa shape index (κ1) is 16.1. The number of morpholine rings is 1. The number of nitrogens with two attached hydrogens (primary N) is 2. The maximum atomic E-state index is 11.7. The smallest absolute Gasteiger partial charge is 0.238 e. The van der Waals surface area contributed by atoms with Crippen LogP contribution in [0.15, 0.2) is 17.0 Å². The molecule has 0 amide bonds. The molecule has 118 valence electrons. The van der Waals surface area contributed by atoms with Crippen molar-refractivity contribution < 1.29 is 13.2 Å². The molecule has 21 heavy (non-hydrogen) atoms. The Morgan fingerprint density at radius 3 is 2.52 bits per heavy atom. The number of anilines is 2. The van der Waals surface area contributed by atoms with Crippen LogP contribution in [0.4, 0.5) is 11.4 Å². The van der Waals surface area contributed by atoms with Crippen LogP contribution in [-0.2, 0) is 14.8 Å². The molecule has 0 radical (unpaired) electrons. The molecule has 1 atom stereocenters. The van der Waals surface area contributed by atoms with Crippen molar-refractivity contribution in [2.75, 3.05) is 23.7 Å². The summed E-state index contributed by atoms with van der Waals surface area (Å²) in [6.07, 6.45) is 0.0486. The van der Waals surface area contributed by atoms with E-state index in [0.29, 0.717) is 24.3 Å². The highest BCUT2D eigenvalue weighted by molar-refractivity contribution is 7.89. The quantitative estimate of drug-likeness (QED) is 0.800. The zero-order chi connectivity index (χ0) is 16.0. The number of hydrogen-bond acceptors (Lipinski definition) is 5. The standard InChI is InChI=1S/C14H23N3O3S/c1-9-7-17(8-14(3,4)20-9)12-5-11(15)6-13(10(12)2)21(16,18)19/h5-6,9H,7-8,15H2,1-4H3,(H2,16,18,19). The van der Waals surface area contributed by atoms with Crippen molar-refractivity contribution in [3.8, 4) is 0 Å². The molecule has 0 aliphatic carbocycles. The third-order valence-electron chi connectivity index (χ3n) is 3.57. The van der Waals surface area contributed by atoms with Gasteiger partial charge in [0.1, 0.15) is 0 Å². The van der Waals surface area contributed by atoms with Gasteiger partial charge >= 0.3 is 0 Å². The lowest BCUT2D eigenvalue weighted by Crippen LogP contribution is -2.52. The maximum absolute atomic E-state index is 11.7. The number of benzene rings is 1. The van der Waals surface area contributed by atoms with E-state index in [1.165, 1.54) is 6.07 Å². The van der Waals surface area contributed by atoms with Crippen LogP contribution in [0.2, 0.25) is 0 Å². The third kappa shape index (κ3) is 3.48. The summed E-state index contributed by atoms with van der Waals surface area (Å²) in [5.74, 6) is 0. The third-order valence-corrected chi connectivity index (χ3v) is 4.61. The van der Waals surface area contributed by atoms with Crippen LogP contribution in [0.3, 0.4) is 0 Å². The van der Waals surface area contributed by atoms with E-state index in [-0.39, 0.29) is 16.6 Å². The van der Waals surface area contributed by atoms with Crippen molar-refractivity contribution in [2.45, 2.75) is 44.3 Å². The van der Waals surface area contributed by atoms with E-state index in [1.807, 2.05) is 20.8 Å². The molecule has 1 unspecified atom stereocenters. The molecule has 4 N–H and O–H groups in total. The minimum atomic E-state index is -3.80. The minimum absolute atomic E-state index is 0.0486. The normalized spacial score (nSPS) is 22.3. The Kier molecular flexibility index (Phi) is 3.94. The van der Waals surface area contributed by atoms with Gasteiger partial charge in [-0.2, -0.15) is 0 Å². The maximum Gasteiger partial charge on any atom is 0.238 e. The van der Waals surface area contributed by atoms with Gasteiger partial charge in [0.25, 0.3) is 0 Å². The molecule has 1 aliphatic rings. The monoisotopic (exact) mass is 313 g/mol. The molecule has 1 aromatic rings. The predicted octanol–water partition coefficient (Wildman–Crippen LogP) is 1.23. The summed E-state index contributed by atoms with van der Waals surface area (Å²) in [6, 6.07) is 3.20. The highest BCUT2D eigenvalue weighted by Crippen LogP contribution is 2.33. The van der Waals surface area contributed by atoms with Gasteiger partial charge in [-0.25, -0.2) is 13.6 Å². The van der Waals surface area contributed by atoms with Crippen LogP contribution in [-0.4, -0.2) is 33.2 Å². The first-order chi connectivity index (χ1) is 9.49. The highest BCUT2D eigenvalue weighted by atomic mass is 32.2. The van der Waals surface area contributed by atoms with Gasteiger partial charge in [0, 0.05) is 24.5 Å². The molecule has 0 aromatic heterocycles. The lowest BCUT2D eigenvalue weighted by molar-refractivity contribution is -0.0750. The molecule has 2 rings (SSSR count). The first-order valence-electron chi connectivity index (χ1n) is 6.85. The lowest BCUT2D eigenvalue weighted by atomic mass is 10.0. The number of rotatable bonds is 2. The Morgan fingerprint density at radius 2 is 2.00 bits per heavy atom. The van der Waals surface area contributed by atoms with E-state index in [1.54, 1.807) is 13.0 Å². The van der Waals surface area contributed by atoms with Crippen molar-refractivity contribution in [3.05, 3.63) is 17.7 Å². The van der Waals surface area contributed by atoms with Gasteiger partial charge in [0.15, 0.2) is 0 Å². The van der Waals surface area contributed by atoms with Gasteiger partial charge in [-0.3, -0.25) is 0 Å². The number of sulfonamides is 1. The number of nitrogen functional groups attached to an aromatic ring is 1. The molecule has 1 aromatic carbocycles. The van der Waals surface area contributed by atoms with E-state index in [9.17, 15) is 8.42 Å². The SMILES string of the molecule is Cc1c(N2CC(C)OC(C)(C)C2)cc(N)cc1S(N)(=O)=O. The molecule has 7 heteroatoms. The second kappa shape index (κ2) is 5.15. The zero-order valence-corrected chi connectivity index (χ0v) is 13.7. The lowest BCUT2D eigenvalue weighted by Gasteiger charge is -2.43. The van der Waals surface area contributed by atoms with E-state index < -0.39 is 10.0 Å². The van der Waals surface area contributed by atoms with Crippen LogP contribution in [0.5, 0.6) is 0 Å². The van der Waals surface area contributed by atoms with Gasteiger partial charge in [0.2, 0.25) is 10.0 Å². The minimum Gasteiger partial charge on any atom is -0.399 e. The van der Waals surface area contributed by atoms with Gasteiger partial charge in [-0.05, 0) is 45.4 Å². The summed E-state index contributed by atoms with van der Waals surface area (Å²) < 4.78 is 29.3. The first-order valence-corrected chi connectivity index (χ1v) is 8.40. The molecular weight excluding hydrogens is 290 g/mol. The highest BCUT2D eigenvalue weighted by Gasteiger charge is 2.32. The van der Waals surface area contributed by atoms with E-state index in [4.69, 9.17) is 15.6 Å². The summed E-state index contributed by atoms with van der Waals surface area (Å²) in [5.41, 5.74) is 7.35. The molecular formula is C14H23N3O3S. The molecule has 0 saturated carbocycles. The Morgan fingerprint density at radius 1 is 1.38 bits per heavy atom. The zero-order valence-electron chi connectivity index (χ0n) is 12.9. The average molecular weight is 313 g/mol. The summed E-state index contributed by atoms with van der Waals surface area (Å²) in [6.45, 7) is 9.11. The Hall–Kier alpha value is -1.31. The summed E-state index contributed by atoms with van der Waals surface area (Å²) in [5, 5.41) is 5.28. The fourth-order valence-electron chi connectivity index (χ4n) is 2.95. The number of nitrogens with zero attached hydrogens (tertiary/aromatic N) is 1. The van der Waals surface area contributed by atoms with Gasteiger partial charge < -0.3 is 15.4 Å². The Bertz CT molecular complexity index is 656. The molecule has 0 spiro atoms. The number of ether oxygens (including phenoxy) is 1. The van der Waals surface area contributed by atoms with Crippen molar-refractivity contribution in [2.24, 2.45) is 5.14 Å². The fraction of sp³-hybridized carbons (Fsp3) is 0.571. The summed E-state index contributed by atoms with van der Waals surface area (Å²) in [4.78, 5) is 2.18. The van der Waals surface area contributed by atoms with Crippen LogP contribution < -0.4 is 15.8 Å². The van der Waals surface area contributed by atoms with Crippen LogP contribution in [0.25, 0.3) is 0 Å². The summed E-state index contributed by atoms with van der Waals surface area (Å²) in [7, 11) is -3.80. The molecule has 1 saturated heterocycles. The fourth-order valence-corrected chi connectivity index (χ4v) is 3.79. The second-order valence-corrected chi connectivity index (χ2v) is 7.81. The number of hydrogen-bond donors (Lipinski definition) is 2. The number of primary sulfonamides is 1. The van der Waals surface area contributed by atoms with Crippen LogP contribution >= 0.6 is 0 Å². The van der Waals surface area contributed by atoms with Crippen molar-refractivity contribution in [1.82, 2.24) is 0 Å². The summed E-state index contributed by atoms with van der Waals surface area (Å²) >= 11 is 0. The van der Waals surface area contributed by atoms with Crippen molar-refractivity contribution in [1.29, 1.82) is 0 Å². The largest absolute Gasteiger partial charge is 0.399 e. The van der Waals surface area contributed by atoms with Gasteiger partial charge in [0.05, 0.1) is 16.6 Å². The second-order valence-electron chi connectivity index (χ2n) is 6.28. The van der Waals surface area contributed by atoms with Gasteiger partial charge in [-0.1, -0.05) is 0 Å². The van der Waals surface area contributed by atoms with E-state index in [2.05, 4.69) is 4.90 Å². The van der Waals surface area contributed by atoms with Crippen LogP contribution in [0.1, 0.15) is 26.3 Å². The molecule has 1 heterocycles. The van der Waals surface area contributed by atoms with E-state index in [0.717, 1.165) is 5.69 Å². The predicted molar refractivity (Wildman–Crippen MR) is 83.8 cm³/mol. The van der Waals surface area contributed by atoms with Crippen molar-refractivity contribution in [3.63, 3.8) is 0 Å². The Labute approximate surface area is 126 Å². The van der Waals surface area contributed by atoms with Crippen molar-refractivity contribution >= 4 is 21.4 Å². The topological polar surface area (TPSA) is 98.7 Å². The molecule has 1 aliphatic heterocycles.